The van der Waals surface area contributed by atoms with Crippen LogP contribution in [-0.4, -0.2) is 30.1 Å². The Hall–Kier alpha value is -0.0800. The van der Waals surface area contributed by atoms with Gasteiger partial charge in [0.2, 0.25) is 0 Å². The van der Waals surface area contributed by atoms with Gasteiger partial charge >= 0.3 is 0 Å². The Kier molecular flexibility index (Phi) is 5.30. The van der Waals surface area contributed by atoms with E-state index in [0.29, 0.717) is 5.54 Å². The first-order valence-electron chi connectivity index (χ1n) is 8.54. The van der Waals surface area contributed by atoms with Crippen molar-refractivity contribution >= 4 is 0 Å². The minimum Gasteiger partial charge on any atom is -0.329 e. The van der Waals surface area contributed by atoms with Crippen LogP contribution in [0.15, 0.2) is 0 Å². The number of piperidine rings is 1. The van der Waals surface area contributed by atoms with Gasteiger partial charge in [0.05, 0.1) is 0 Å². The van der Waals surface area contributed by atoms with Crippen molar-refractivity contribution in [3.05, 3.63) is 0 Å². The number of likely N-dealkylation sites (tertiary alicyclic amines) is 1. The molecule has 19 heavy (non-hydrogen) atoms. The molecular weight excluding hydrogens is 232 g/mol. The summed E-state index contributed by atoms with van der Waals surface area (Å²) in [6.45, 7) is 10.6. The van der Waals surface area contributed by atoms with Crippen molar-refractivity contribution in [1.29, 1.82) is 0 Å². The number of hydrogen-bond donors (Lipinski definition) is 1. The SMILES string of the molecule is CCCC1CCN(C2(CN)CC(C)CC(C)C2)CC1. The number of nitrogens with zero attached hydrogens (tertiary/aromatic N) is 1. The standard InChI is InChI=1S/C17H34N2/c1-4-5-16-6-8-19(9-7-16)17(13-18)11-14(2)10-15(3)12-17/h14-16H,4-13,18H2,1-3H3. The molecule has 2 unspecified atom stereocenters. The molecule has 2 nitrogen and oxygen atoms in total. The summed E-state index contributed by atoms with van der Waals surface area (Å²) in [6.07, 6.45) is 9.63. The summed E-state index contributed by atoms with van der Waals surface area (Å²) in [5.74, 6) is 2.68. The molecule has 0 aromatic rings. The van der Waals surface area contributed by atoms with E-state index in [0.717, 1.165) is 24.3 Å². The smallest absolute Gasteiger partial charge is 0.0336 e. The average Bonchev–Trinajstić information content (AvgIpc) is 2.38. The van der Waals surface area contributed by atoms with Gasteiger partial charge in [-0.15, -0.1) is 0 Å². The first kappa shape index (κ1) is 15.3. The lowest BCUT2D eigenvalue weighted by Crippen LogP contribution is -2.59. The van der Waals surface area contributed by atoms with Crippen LogP contribution in [0, 0.1) is 17.8 Å². The van der Waals surface area contributed by atoms with Crippen LogP contribution in [0.4, 0.5) is 0 Å². The van der Waals surface area contributed by atoms with Crippen LogP contribution in [-0.2, 0) is 0 Å². The molecular formula is C17H34N2. The van der Waals surface area contributed by atoms with Crippen LogP contribution < -0.4 is 5.73 Å². The molecule has 112 valence electrons. The first-order chi connectivity index (χ1) is 9.09. The van der Waals surface area contributed by atoms with E-state index in [1.807, 2.05) is 0 Å². The summed E-state index contributed by atoms with van der Waals surface area (Å²) in [6, 6.07) is 0. The Bertz CT molecular complexity index is 258. The van der Waals surface area contributed by atoms with E-state index in [1.54, 1.807) is 0 Å². The van der Waals surface area contributed by atoms with Gasteiger partial charge in [-0.25, -0.2) is 0 Å². The molecule has 0 aromatic carbocycles. The Morgan fingerprint density at radius 1 is 1.11 bits per heavy atom. The lowest BCUT2D eigenvalue weighted by molar-refractivity contribution is -0.00386. The summed E-state index contributed by atoms with van der Waals surface area (Å²) in [5.41, 5.74) is 6.57. The normalized spacial score (nSPS) is 38.5. The lowest BCUT2D eigenvalue weighted by Gasteiger charge is -2.52. The van der Waals surface area contributed by atoms with Gasteiger partial charge in [0.1, 0.15) is 0 Å². The Balaban J connectivity index is 1.98. The van der Waals surface area contributed by atoms with Crippen LogP contribution in [0.5, 0.6) is 0 Å². The van der Waals surface area contributed by atoms with Gasteiger partial charge in [-0.2, -0.15) is 0 Å². The van der Waals surface area contributed by atoms with E-state index in [2.05, 4.69) is 25.7 Å². The molecule has 0 spiro atoms. The molecule has 0 radical (unpaired) electrons. The van der Waals surface area contributed by atoms with Gasteiger partial charge in [0.25, 0.3) is 0 Å². The largest absolute Gasteiger partial charge is 0.329 e. The zero-order valence-corrected chi connectivity index (χ0v) is 13.3. The number of nitrogens with two attached hydrogens (primary N) is 1. The minimum atomic E-state index is 0.328. The molecule has 2 atom stereocenters. The maximum Gasteiger partial charge on any atom is 0.0336 e. The van der Waals surface area contributed by atoms with Crippen molar-refractivity contribution in [2.24, 2.45) is 23.5 Å². The van der Waals surface area contributed by atoms with Crippen molar-refractivity contribution in [2.45, 2.75) is 71.3 Å². The molecule has 1 aliphatic carbocycles. The summed E-state index contributed by atoms with van der Waals surface area (Å²) in [5, 5.41) is 0. The molecule has 2 aliphatic rings. The molecule has 0 bridgehead atoms. The lowest BCUT2D eigenvalue weighted by atomic mass is 9.70. The van der Waals surface area contributed by atoms with Gasteiger partial charge in [0, 0.05) is 12.1 Å². The van der Waals surface area contributed by atoms with Crippen molar-refractivity contribution in [3.8, 4) is 0 Å². The fourth-order valence-corrected chi connectivity index (χ4v) is 4.89. The van der Waals surface area contributed by atoms with Gasteiger partial charge in [0.15, 0.2) is 0 Å². The minimum absolute atomic E-state index is 0.328. The zero-order chi connectivity index (χ0) is 13.9. The third-order valence-electron chi connectivity index (χ3n) is 5.62. The van der Waals surface area contributed by atoms with E-state index >= 15 is 0 Å². The molecule has 2 rings (SSSR count). The van der Waals surface area contributed by atoms with Crippen LogP contribution in [0.2, 0.25) is 0 Å². The van der Waals surface area contributed by atoms with Crippen LogP contribution in [0.1, 0.15) is 65.7 Å². The second-order valence-electron chi connectivity index (χ2n) is 7.50. The molecule has 1 heterocycles. The third-order valence-corrected chi connectivity index (χ3v) is 5.62. The highest BCUT2D eigenvalue weighted by atomic mass is 15.2. The fraction of sp³-hybridized carbons (Fsp3) is 1.00. The number of hydrogen-bond acceptors (Lipinski definition) is 2. The molecule has 1 saturated heterocycles. The Labute approximate surface area is 120 Å². The number of rotatable bonds is 4. The van der Waals surface area contributed by atoms with Crippen molar-refractivity contribution < 1.29 is 0 Å². The summed E-state index contributed by atoms with van der Waals surface area (Å²) < 4.78 is 0. The van der Waals surface area contributed by atoms with E-state index < -0.39 is 0 Å². The first-order valence-corrected chi connectivity index (χ1v) is 8.54. The quantitative estimate of drug-likeness (QED) is 0.841. The summed E-state index contributed by atoms with van der Waals surface area (Å²) in [4.78, 5) is 2.77. The molecule has 1 aliphatic heterocycles. The van der Waals surface area contributed by atoms with Gasteiger partial charge in [-0.05, 0) is 62.9 Å². The second kappa shape index (κ2) is 6.58. The van der Waals surface area contributed by atoms with Crippen molar-refractivity contribution in [1.82, 2.24) is 4.90 Å². The van der Waals surface area contributed by atoms with Gasteiger partial charge in [-0.1, -0.05) is 33.6 Å². The van der Waals surface area contributed by atoms with Gasteiger partial charge < -0.3 is 5.73 Å². The van der Waals surface area contributed by atoms with E-state index in [9.17, 15) is 0 Å². The summed E-state index contributed by atoms with van der Waals surface area (Å²) in [7, 11) is 0. The zero-order valence-electron chi connectivity index (χ0n) is 13.3. The van der Waals surface area contributed by atoms with Crippen molar-refractivity contribution in [3.63, 3.8) is 0 Å². The van der Waals surface area contributed by atoms with Crippen LogP contribution in [0.25, 0.3) is 0 Å². The third kappa shape index (κ3) is 3.52. The topological polar surface area (TPSA) is 29.3 Å². The van der Waals surface area contributed by atoms with E-state index in [4.69, 9.17) is 5.73 Å². The molecule has 0 amide bonds. The Morgan fingerprint density at radius 2 is 1.68 bits per heavy atom. The highest BCUT2D eigenvalue weighted by Gasteiger charge is 2.42. The maximum absolute atomic E-state index is 6.25. The maximum atomic E-state index is 6.25. The van der Waals surface area contributed by atoms with E-state index in [1.165, 1.54) is 58.0 Å². The highest BCUT2D eigenvalue weighted by molar-refractivity contribution is 4.99. The van der Waals surface area contributed by atoms with Gasteiger partial charge in [-0.3, -0.25) is 4.90 Å². The molecule has 2 fully saturated rings. The van der Waals surface area contributed by atoms with Crippen LogP contribution >= 0.6 is 0 Å². The predicted molar refractivity (Wildman–Crippen MR) is 83.2 cm³/mol. The average molecular weight is 266 g/mol. The molecule has 2 heteroatoms. The molecule has 2 N–H and O–H groups in total. The van der Waals surface area contributed by atoms with Crippen molar-refractivity contribution in [2.75, 3.05) is 19.6 Å². The molecule has 1 saturated carbocycles. The Morgan fingerprint density at radius 3 is 2.16 bits per heavy atom. The monoisotopic (exact) mass is 266 g/mol. The molecule has 0 aromatic heterocycles. The summed E-state index contributed by atoms with van der Waals surface area (Å²) >= 11 is 0. The second-order valence-corrected chi connectivity index (χ2v) is 7.50. The fourth-order valence-electron chi connectivity index (χ4n) is 4.89. The predicted octanol–water partition coefficient (Wildman–Crippen LogP) is 3.65. The highest BCUT2D eigenvalue weighted by Crippen LogP contribution is 2.41. The van der Waals surface area contributed by atoms with Crippen LogP contribution in [0.3, 0.4) is 0 Å². The van der Waals surface area contributed by atoms with E-state index in [-0.39, 0.29) is 0 Å².